The molecule has 3 rings (SSSR count). The first-order valence-corrected chi connectivity index (χ1v) is 6.97. The van der Waals surface area contributed by atoms with E-state index in [4.69, 9.17) is 16.1 Å². The zero-order valence-corrected chi connectivity index (χ0v) is 12.1. The highest BCUT2D eigenvalue weighted by Crippen LogP contribution is 2.29. The molecule has 1 aliphatic heterocycles. The van der Waals surface area contributed by atoms with Gasteiger partial charge in [0.05, 0.1) is 16.5 Å². The first-order chi connectivity index (χ1) is 10.1. The fraction of sp³-hybridized carbons (Fsp3) is 0.357. The maximum Gasteiger partial charge on any atom is 0.255 e. The number of carbonyl (C=O) groups is 1. The molecule has 2 aromatic rings. The molecule has 0 aliphatic carbocycles. The van der Waals surface area contributed by atoms with Crippen LogP contribution in [0, 0.1) is 12.7 Å². The van der Waals surface area contributed by atoms with E-state index in [2.05, 4.69) is 10.1 Å². The average Bonchev–Trinajstić information content (AvgIpc) is 3.09. The van der Waals surface area contributed by atoms with Crippen LogP contribution in [0.1, 0.15) is 34.4 Å². The van der Waals surface area contributed by atoms with Crippen LogP contribution in [0.25, 0.3) is 0 Å². The predicted octanol–water partition coefficient (Wildman–Crippen LogP) is 2.80. The molecule has 7 heteroatoms. The van der Waals surface area contributed by atoms with Gasteiger partial charge in [-0.25, -0.2) is 4.39 Å². The summed E-state index contributed by atoms with van der Waals surface area (Å²) in [6.07, 6.45) is 0.736. The van der Waals surface area contributed by atoms with Gasteiger partial charge in [-0.15, -0.1) is 0 Å². The summed E-state index contributed by atoms with van der Waals surface area (Å²) in [5.41, 5.74) is 0.180. The van der Waals surface area contributed by atoms with Crippen LogP contribution < -0.4 is 0 Å². The molecule has 1 atom stereocenters. The van der Waals surface area contributed by atoms with Gasteiger partial charge in [0.15, 0.2) is 5.82 Å². The van der Waals surface area contributed by atoms with E-state index in [9.17, 15) is 9.18 Å². The number of aryl methyl sites for hydroxylation is 1. The number of nitrogens with zero attached hydrogens (tertiary/aromatic N) is 3. The third kappa shape index (κ3) is 2.63. The zero-order valence-electron chi connectivity index (χ0n) is 11.3. The second-order valence-electron chi connectivity index (χ2n) is 5.02. The summed E-state index contributed by atoms with van der Waals surface area (Å²) in [7, 11) is 0. The average molecular weight is 310 g/mol. The first-order valence-electron chi connectivity index (χ1n) is 6.59. The minimum atomic E-state index is -0.592. The lowest BCUT2D eigenvalue weighted by Crippen LogP contribution is -2.28. The Morgan fingerprint density at radius 2 is 2.33 bits per heavy atom. The molecule has 0 radical (unpaired) electrons. The van der Waals surface area contributed by atoms with Gasteiger partial charge in [0.25, 0.3) is 5.91 Å². The lowest BCUT2D eigenvalue weighted by Gasteiger charge is -2.16. The maximum absolute atomic E-state index is 13.4. The fourth-order valence-corrected chi connectivity index (χ4v) is 2.67. The zero-order chi connectivity index (χ0) is 15.0. The van der Waals surface area contributed by atoms with Crippen molar-refractivity contribution in [3.63, 3.8) is 0 Å². The van der Waals surface area contributed by atoms with Crippen molar-refractivity contribution >= 4 is 17.5 Å². The fourth-order valence-electron chi connectivity index (χ4n) is 2.46. The van der Waals surface area contributed by atoms with E-state index in [1.807, 2.05) is 0 Å². The van der Waals surface area contributed by atoms with Crippen molar-refractivity contribution < 1.29 is 13.7 Å². The summed E-state index contributed by atoms with van der Waals surface area (Å²) in [5.74, 6) is 0.252. The molecular weight excluding hydrogens is 297 g/mol. The molecule has 2 heterocycles. The van der Waals surface area contributed by atoms with Crippen molar-refractivity contribution in [1.29, 1.82) is 0 Å². The Hall–Kier alpha value is -1.95. The molecule has 0 bridgehead atoms. The Morgan fingerprint density at radius 1 is 1.52 bits per heavy atom. The number of aromatic nitrogens is 2. The molecule has 0 N–H and O–H groups in total. The van der Waals surface area contributed by atoms with E-state index < -0.39 is 5.82 Å². The van der Waals surface area contributed by atoms with E-state index in [1.165, 1.54) is 18.2 Å². The predicted molar refractivity (Wildman–Crippen MR) is 73.7 cm³/mol. The summed E-state index contributed by atoms with van der Waals surface area (Å²) < 4.78 is 18.6. The quantitative estimate of drug-likeness (QED) is 0.856. The van der Waals surface area contributed by atoms with Gasteiger partial charge in [-0.3, -0.25) is 4.79 Å². The van der Waals surface area contributed by atoms with Crippen LogP contribution in [-0.4, -0.2) is 34.0 Å². The van der Waals surface area contributed by atoms with Crippen molar-refractivity contribution in [1.82, 2.24) is 15.0 Å². The summed E-state index contributed by atoms with van der Waals surface area (Å²) in [5, 5.41) is 3.62. The molecule has 1 amide bonds. The molecular formula is C14H13ClFN3O2. The molecule has 21 heavy (non-hydrogen) atoms. The van der Waals surface area contributed by atoms with Gasteiger partial charge in [0.2, 0.25) is 5.89 Å². The number of carbonyl (C=O) groups excluding carboxylic acids is 1. The number of hydrogen-bond acceptors (Lipinski definition) is 4. The Bertz CT molecular complexity index is 689. The first kappa shape index (κ1) is 14.0. The van der Waals surface area contributed by atoms with Crippen molar-refractivity contribution in [3.8, 4) is 0 Å². The highest BCUT2D eigenvalue weighted by Gasteiger charge is 2.32. The topological polar surface area (TPSA) is 59.2 Å². The molecule has 1 saturated heterocycles. The Labute approximate surface area is 125 Å². The van der Waals surface area contributed by atoms with Crippen molar-refractivity contribution in [2.24, 2.45) is 0 Å². The minimum Gasteiger partial charge on any atom is -0.339 e. The largest absolute Gasteiger partial charge is 0.339 e. The van der Waals surface area contributed by atoms with E-state index in [0.29, 0.717) is 24.8 Å². The van der Waals surface area contributed by atoms with Gasteiger partial charge in [-0.05, 0) is 25.5 Å². The third-order valence-corrected chi connectivity index (χ3v) is 3.93. The Kier molecular flexibility index (Phi) is 3.63. The van der Waals surface area contributed by atoms with Crippen LogP contribution in [0.4, 0.5) is 4.39 Å². The minimum absolute atomic E-state index is 0.0162. The van der Waals surface area contributed by atoms with Gasteiger partial charge in [-0.1, -0.05) is 22.8 Å². The highest BCUT2D eigenvalue weighted by molar-refractivity contribution is 6.34. The molecule has 1 aromatic carbocycles. The van der Waals surface area contributed by atoms with Crippen LogP contribution in [0.15, 0.2) is 22.7 Å². The van der Waals surface area contributed by atoms with Crippen LogP contribution >= 0.6 is 11.6 Å². The second-order valence-corrected chi connectivity index (χ2v) is 5.40. The Balaban J connectivity index is 1.77. The second kappa shape index (κ2) is 5.44. The summed E-state index contributed by atoms with van der Waals surface area (Å²) >= 11 is 5.86. The number of halogens is 2. The van der Waals surface area contributed by atoms with E-state index >= 15 is 0 Å². The van der Waals surface area contributed by atoms with Gasteiger partial charge in [0, 0.05) is 13.1 Å². The summed E-state index contributed by atoms with van der Waals surface area (Å²) in [6.45, 7) is 2.77. The van der Waals surface area contributed by atoms with Crippen LogP contribution in [0.2, 0.25) is 5.02 Å². The van der Waals surface area contributed by atoms with Crippen LogP contribution in [0.3, 0.4) is 0 Å². The van der Waals surface area contributed by atoms with Crippen molar-refractivity contribution in [2.45, 2.75) is 19.3 Å². The van der Waals surface area contributed by atoms with Gasteiger partial charge in [-0.2, -0.15) is 4.98 Å². The lowest BCUT2D eigenvalue weighted by atomic mass is 10.1. The van der Waals surface area contributed by atoms with Gasteiger partial charge in [0.1, 0.15) is 5.82 Å². The molecule has 0 unspecified atom stereocenters. The molecule has 1 fully saturated rings. The standard InChI is InChI=1S/C14H13ClFN3O2/c1-8-17-13(21-18-8)9-5-6-19(7-9)14(20)10-3-2-4-11(16)12(10)15/h2-4,9H,5-7H2,1H3/t9-/m0/s1. The molecule has 5 nitrogen and oxygen atoms in total. The number of hydrogen-bond donors (Lipinski definition) is 0. The van der Waals surface area contributed by atoms with Crippen molar-refractivity contribution in [3.05, 3.63) is 46.3 Å². The lowest BCUT2D eigenvalue weighted by molar-refractivity contribution is 0.0789. The van der Waals surface area contributed by atoms with Crippen LogP contribution in [0.5, 0.6) is 0 Å². The van der Waals surface area contributed by atoms with Crippen molar-refractivity contribution in [2.75, 3.05) is 13.1 Å². The third-order valence-electron chi connectivity index (χ3n) is 3.55. The van der Waals surface area contributed by atoms with Gasteiger partial charge >= 0.3 is 0 Å². The molecule has 0 spiro atoms. The molecule has 110 valence electrons. The Morgan fingerprint density at radius 3 is 3.05 bits per heavy atom. The monoisotopic (exact) mass is 309 g/mol. The molecule has 1 aromatic heterocycles. The molecule has 0 saturated carbocycles. The van der Waals surface area contributed by atoms with Gasteiger partial charge < -0.3 is 9.42 Å². The number of amides is 1. The number of likely N-dealkylation sites (tertiary alicyclic amines) is 1. The SMILES string of the molecule is Cc1noc([C@H]2CCN(C(=O)c3cccc(F)c3Cl)C2)n1. The van der Waals surface area contributed by atoms with E-state index in [-0.39, 0.29) is 22.4 Å². The summed E-state index contributed by atoms with van der Waals surface area (Å²) in [4.78, 5) is 18.2. The smallest absolute Gasteiger partial charge is 0.255 e. The molecule has 1 aliphatic rings. The maximum atomic E-state index is 13.4. The highest BCUT2D eigenvalue weighted by atomic mass is 35.5. The van der Waals surface area contributed by atoms with Crippen LogP contribution in [-0.2, 0) is 0 Å². The van der Waals surface area contributed by atoms with E-state index in [0.717, 1.165) is 6.42 Å². The number of benzene rings is 1. The summed E-state index contributed by atoms with van der Waals surface area (Å²) in [6, 6.07) is 4.23. The normalized spacial score (nSPS) is 18.2. The number of rotatable bonds is 2. The van der Waals surface area contributed by atoms with E-state index in [1.54, 1.807) is 11.8 Å².